The van der Waals surface area contributed by atoms with Crippen molar-refractivity contribution in [2.45, 2.75) is 171 Å². The van der Waals surface area contributed by atoms with E-state index in [1.165, 1.54) is 161 Å². The Labute approximate surface area is 458 Å². The summed E-state index contributed by atoms with van der Waals surface area (Å²) in [6, 6.07) is 52.0. The van der Waals surface area contributed by atoms with Crippen LogP contribution in [0.3, 0.4) is 0 Å². The predicted molar refractivity (Wildman–Crippen MR) is 319 cm³/mol. The first-order valence-corrected chi connectivity index (χ1v) is 34.6. The van der Waals surface area contributed by atoms with Crippen LogP contribution >= 0.6 is 17.0 Å². The van der Waals surface area contributed by atoms with E-state index in [4.69, 9.17) is 17.0 Å². The van der Waals surface area contributed by atoms with Crippen molar-refractivity contribution in [1.82, 2.24) is 0 Å². The Morgan fingerprint density at radius 3 is 1.31 bits per heavy atom. The number of benzene rings is 6. The van der Waals surface area contributed by atoms with Crippen molar-refractivity contribution in [2.24, 2.45) is 0 Å². The minimum atomic E-state index is -0.826. The molecule has 0 nitrogen and oxygen atoms in total. The third-order valence-electron chi connectivity index (χ3n) is 14.3. The molecule has 0 fully saturated rings. The molecular formula is C68H81Cl2SiZr-3. The first kappa shape index (κ1) is 57.5. The summed E-state index contributed by atoms with van der Waals surface area (Å²) < 4.78 is 0. The van der Waals surface area contributed by atoms with E-state index in [-0.39, 0.29) is 0 Å². The summed E-state index contributed by atoms with van der Waals surface area (Å²) in [7, 11) is 10.7. The Kier molecular flexibility index (Phi) is 22.5. The smallest absolute Gasteiger partial charge is 0.0920 e. The van der Waals surface area contributed by atoms with Crippen LogP contribution in [0.4, 0.5) is 0 Å². The molecule has 1 heterocycles. The monoisotopic (exact) mass is 1090 g/mol. The fourth-order valence-corrected chi connectivity index (χ4v) is 11.5. The molecule has 0 N–H and O–H groups in total. The van der Waals surface area contributed by atoms with Crippen molar-refractivity contribution in [3.63, 3.8) is 0 Å². The van der Waals surface area contributed by atoms with E-state index in [1.807, 2.05) is 6.07 Å². The van der Waals surface area contributed by atoms with Crippen LogP contribution in [0.5, 0.6) is 0 Å². The van der Waals surface area contributed by atoms with Crippen molar-refractivity contribution >= 4 is 58.5 Å². The van der Waals surface area contributed by atoms with E-state index >= 15 is 0 Å². The number of rotatable bonds is 16. The summed E-state index contributed by atoms with van der Waals surface area (Å²) in [5.41, 5.74) is 20.4. The van der Waals surface area contributed by atoms with Crippen LogP contribution in [0, 0.1) is 6.07 Å². The van der Waals surface area contributed by atoms with E-state index in [2.05, 4.69) is 210 Å². The van der Waals surface area contributed by atoms with Crippen molar-refractivity contribution in [2.75, 3.05) is 0 Å². The van der Waals surface area contributed by atoms with Crippen molar-refractivity contribution in [3.05, 3.63) is 178 Å². The van der Waals surface area contributed by atoms with Gasteiger partial charge in [-0.2, -0.15) is 41.6 Å². The van der Waals surface area contributed by atoms with E-state index < -0.39 is 20.8 Å². The van der Waals surface area contributed by atoms with Gasteiger partial charge < -0.3 is 0 Å². The fourth-order valence-electron chi connectivity index (χ4n) is 10.2. The Morgan fingerprint density at radius 2 is 0.903 bits per heavy atom. The second-order valence-corrected chi connectivity index (χ2v) is 26.3. The molecule has 0 unspecified atom stereocenters. The zero-order valence-electron chi connectivity index (χ0n) is 45.8. The van der Waals surface area contributed by atoms with Gasteiger partial charge in [-0.15, -0.1) is 74.6 Å². The first-order valence-electron chi connectivity index (χ1n) is 27.3. The minimum Gasteiger partial charge on any atom is -0.184 e. The Morgan fingerprint density at radius 1 is 0.486 bits per heavy atom. The molecule has 0 bridgehead atoms. The maximum atomic E-state index is 4.93. The molecule has 8 aromatic carbocycles. The molecule has 0 aromatic heterocycles. The van der Waals surface area contributed by atoms with Gasteiger partial charge in [-0.3, -0.25) is 0 Å². The van der Waals surface area contributed by atoms with Crippen LogP contribution in [-0.2, 0) is 46.5 Å². The van der Waals surface area contributed by atoms with Gasteiger partial charge in [-0.1, -0.05) is 215 Å². The van der Waals surface area contributed by atoms with Gasteiger partial charge in [0, 0.05) is 0 Å². The van der Waals surface area contributed by atoms with Gasteiger partial charge in [0.2, 0.25) is 0 Å². The summed E-state index contributed by atoms with van der Waals surface area (Å²) in [4.78, 5) is 0. The molecule has 2 radical (unpaired) electrons. The average Bonchev–Trinajstić information content (AvgIpc) is 4.10. The molecule has 0 spiro atoms. The van der Waals surface area contributed by atoms with Gasteiger partial charge in [0.25, 0.3) is 0 Å². The second-order valence-electron chi connectivity index (χ2n) is 21.2. The number of hydrogen-bond donors (Lipinski definition) is 0. The third-order valence-corrected chi connectivity index (χ3v) is 15.7. The molecule has 4 heteroatoms. The third kappa shape index (κ3) is 14.7. The topological polar surface area (TPSA) is 0 Å². The number of halogens is 2. The SMILES string of the molecule is CCCCc1cc2c(-c3cc(C(C)C)cc(C(C)C)c3)c(CCC)ccc2[cH-]1.CCCCc1cc2c(-c3cc(C(C)C)cc(C(C)C)c3)c(CCC)ccc2[cH-]1.[Cl][Zr][Cl].[c-]1cccc2c1[Si]c1ccccc1-2. The second kappa shape index (κ2) is 28.2. The van der Waals surface area contributed by atoms with Gasteiger partial charge in [-0.25, -0.2) is 0 Å². The molecule has 0 aliphatic carbocycles. The van der Waals surface area contributed by atoms with Crippen LogP contribution in [0.15, 0.2) is 127 Å². The van der Waals surface area contributed by atoms with Gasteiger partial charge in [0.1, 0.15) is 0 Å². The van der Waals surface area contributed by atoms with E-state index in [9.17, 15) is 0 Å². The Hall–Kier alpha value is -3.78. The van der Waals surface area contributed by atoms with Gasteiger partial charge in [0.15, 0.2) is 0 Å². The number of aryl methyl sites for hydroxylation is 4. The van der Waals surface area contributed by atoms with Gasteiger partial charge in [0.05, 0.1) is 9.52 Å². The zero-order valence-corrected chi connectivity index (χ0v) is 50.7. The molecule has 1 aliphatic rings. The average molecular weight is 1090 g/mol. The van der Waals surface area contributed by atoms with Crippen LogP contribution in [0.2, 0.25) is 0 Å². The maximum Gasteiger partial charge on any atom is 0.0920 e. The van der Waals surface area contributed by atoms with Gasteiger partial charge >= 0.3 is 37.9 Å². The standard InChI is InChI=1S/2C28H37.C12H7Si.2ClH.Zr/c2*1-7-9-11-21-14-23-13-12-22(10-8-2)28(27(23)15-21)26-17-24(19(3)4)16-25(18-26)20(5)6;1-3-7-11-9(5-1)10-6-2-4-8-12(10)13-11;;;/h2*12-20H,7-11H2,1-6H3;1-7H;2*1H;/q3*-1;;;+2/p-2. The summed E-state index contributed by atoms with van der Waals surface area (Å²) >= 11 is -0.826. The molecular weight excluding hydrogens is 1010 g/mol. The largest absolute Gasteiger partial charge is 0.184 e. The summed E-state index contributed by atoms with van der Waals surface area (Å²) in [5.74, 6) is 2.19. The normalized spacial score (nSPS) is 11.6. The molecule has 378 valence electrons. The molecule has 0 atom stereocenters. The van der Waals surface area contributed by atoms with Gasteiger partial charge in [-0.05, 0) is 82.7 Å². The maximum absolute atomic E-state index is 4.93. The summed E-state index contributed by atoms with van der Waals surface area (Å²) in [5, 5.41) is 8.54. The van der Waals surface area contributed by atoms with E-state index in [0.717, 1.165) is 22.4 Å². The van der Waals surface area contributed by atoms with Crippen molar-refractivity contribution in [1.29, 1.82) is 0 Å². The number of hydrogen-bond acceptors (Lipinski definition) is 0. The fraction of sp³-hybridized carbons (Fsp3) is 0.382. The Bertz CT molecular complexity index is 2710. The molecule has 0 saturated heterocycles. The van der Waals surface area contributed by atoms with Crippen LogP contribution in [-0.4, -0.2) is 9.52 Å². The van der Waals surface area contributed by atoms with Crippen LogP contribution in [0.25, 0.3) is 54.9 Å². The van der Waals surface area contributed by atoms with Crippen molar-refractivity contribution < 1.29 is 20.8 Å². The van der Waals surface area contributed by atoms with Crippen molar-refractivity contribution in [3.8, 4) is 33.4 Å². The predicted octanol–water partition coefficient (Wildman–Crippen LogP) is 20.0. The molecule has 0 saturated carbocycles. The molecule has 8 aromatic rings. The summed E-state index contributed by atoms with van der Waals surface area (Å²) in [6.07, 6.45) is 12.1. The van der Waals surface area contributed by atoms with E-state index in [1.54, 1.807) is 0 Å². The first-order chi connectivity index (χ1) is 34.7. The van der Waals surface area contributed by atoms with E-state index in [0.29, 0.717) is 23.7 Å². The number of unbranched alkanes of at least 4 members (excludes halogenated alkanes) is 2. The quantitative estimate of drug-likeness (QED) is 0.0668. The molecule has 0 amide bonds. The molecule has 9 rings (SSSR count). The molecule has 1 aliphatic heterocycles. The van der Waals surface area contributed by atoms with Crippen LogP contribution in [0.1, 0.15) is 190 Å². The molecule has 72 heavy (non-hydrogen) atoms. The Balaban J connectivity index is 0.000000181. The zero-order chi connectivity index (χ0) is 51.9. The minimum absolute atomic E-state index is 0.547. The van der Waals surface area contributed by atoms with Crippen LogP contribution < -0.4 is 10.4 Å². The number of fused-ring (bicyclic) bond motifs is 5. The summed E-state index contributed by atoms with van der Waals surface area (Å²) in [6.45, 7) is 27.6.